The first-order valence-electron chi connectivity index (χ1n) is 6.10. The topological polar surface area (TPSA) is 58.7 Å². The van der Waals surface area contributed by atoms with Crippen LogP contribution in [0.1, 0.15) is 33.1 Å². The first-order valence-corrected chi connectivity index (χ1v) is 6.10. The second-order valence-corrected chi connectivity index (χ2v) is 4.67. The molecule has 0 saturated carbocycles. The highest BCUT2D eigenvalue weighted by atomic mass is 16.5. The first kappa shape index (κ1) is 15.8. The number of rotatable bonds is 9. The molecule has 2 atom stereocenters. The molecule has 0 radical (unpaired) electrons. The molecule has 2 unspecified atom stereocenters. The standard InChI is InChI=1S/C12H28N2O2/c1-5-12(15,10-13)7-6-8-14(3)11(2)9-16-4/h11,15H,5-10,13H2,1-4H3. The Labute approximate surface area is 99.8 Å². The lowest BCUT2D eigenvalue weighted by atomic mass is 9.95. The molecule has 0 bridgehead atoms. The molecular weight excluding hydrogens is 204 g/mol. The van der Waals surface area contributed by atoms with Crippen molar-refractivity contribution in [1.29, 1.82) is 0 Å². The van der Waals surface area contributed by atoms with Gasteiger partial charge in [-0.05, 0) is 39.8 Å². The van der Waals surface area contributed by atoms with Gasteiger partial charge in [-0.15, -0.1) is 0 Å². The summed E-state index contributed by atoms with van der Waals surface area (Å²) in [6.45, 7) is 6.17. The number of methoxy groups -OCH3 is 1. The minimum absolute atomic E-state index is 0.348. The van der Waals surface area contributed by atoms with Crippen molar-refractivity contribution >= 4 is 0 Å². The number of nitrogens with two attached hydrogens (primary N) is 1. The third-order valence-corrected chi connectivity index (χ3v) is 3.35. The van der Waals surface area contributed by atoms with Crippen LogP contribution in [0.4, 0.5) is 0 Å². The molecule has 0 spiro atoms. The normalized spacial score (nSPS) is 17.4. The number of likely N-dealkylation sites (N-methyl/N-ethyl adjacent to an activating group) is 1. The molecule has 0 aromatic heterocycles. The van der Waals surface area contributed by atoms with Crippen LogP contribution in [0.15, 0.2) is 0 Å². The van der Waals surface area contributed by atoms with Crippen LogP contribution in [0.2, 0.25) is 0 Å². The van der Waals surface area contributed by atoms with Crippen LogP contribution in [0.3, 0.4) is 0 Å². The van der Waals surface area contributed by atoms with Crippen molar-refractivity contribution in [2.45, 2.75) is 44.8 Å². The molecule has 0 rings (SSSR count). The summed E-state index contributed by atoms with van der Waals surface area (Å²) in [5, 5.41) is 10.0. The maximum atomic E-state index is 10.0. The van der Waals surface area contributed by atoms with E-state index in [0.717, 1.165) is 32.4 Å². The summed E-state index contributed by atoms with van der Waals surface area (Å²) in [4.78, 5) is 2.25. The molecule has 4 nitrogen and oxygen atoms in total. The minimum Gasteiger partial charge on any atom is -0.389 e. The Morgan fingerprint density at radius 2 is 2.12 bits per heavy atom. The summed E-state index contributed by atoms with van der Waals surface area (Å²) in [7, 11) is 3.80. The second-order valence-electron chi connectivity index (χ2n) is 4.67. The van der Waals surface area contributed by atoms with Gasteiger partial charge in [-0.2, -0.15) is 0 Å². The lowest BCUT2D eigenvalue weighted by molar-refractivity contribution is 0.0298. The van der Waals surface area contributed by atoms with E-state index in [2.05, 4.69) is 18.9 Å². The molecule has 3 N–H and O–H groups in total. The van der Waals surface area contributed by atoms with Gasteiger partial charge in [0.2, 0.25) is 0 Å². The average Bonchev–Trinajstić information content (AvgIpc) is 2.29. The summed E-state index contributed by atoms with van der Waals surface area (Å²) in [5.41, 5.74) is 4.88. The Kier molecular flexibility index (Phi) is 7.93. The lowest BCUT2D eigenvalue weighted by Crippen LogP contribution is -2.39. The largest absolute Gasteiger partial charge is 0.389 e. The van der Waals surface area contributed by atoms with Crippen molar-refractivity contribution < 1.29 is 9.84 Å². The number of aliphatic hydroxyl groups is 1. The van der Waals surface area contributed by atoms with Crippen LogP contribution in [-0.2, 0) is 4.74 Å². The quantitative estimate of drug-likeness (QED) is 0.618. The number of hydrogen-bond acceptors (Lipinski definition) is 4. The molecule has 0 aliphatic heterocycles. The number of ether oxygens (including phenoxy) is 1. The van der Waals surface area contributed by atoms with E-state index in [1.807, 2.05) is 6.92 Å². The van der Waals surface area contributed by atoms with Gasteiger partial charge in [0.1, 0.15) is 0 Å². The van der Waals surface area contributed by atoms with E-state index in [0.29, 0.717) is 12.6 Å². The fourth-order valence-electron chi connectivity index (χ4n) is 1.67. The van der Waals surface area contributed by atoms with E-state index in [1.54, 1.807) is 7.11 Å². The molecule has 0 aliphatic rings. The van der Waals surface area contributed by atoms with Gasteiger partial charge in [-0.25, -0.2) is 0 Å². The van der Waals surface area contributed by atoms with Gasteiger partial charge >= 0.3 is 0 Å². The maximum Gasteiger partial charge on any atom is 0.0767 e. The van der Waals surface area contributed by atoms with E-state index in [1.165, 1.54) is 0 Å². The van der Waals surface area contributed by atoms with Crippen molar-refractivity contribution in [1.82, 2.24) is 4.90 Å². The molecular formula is C12H28N2O2. The molecule has 0 amide bonds. The van der Waals surface area contributed by atoms with Crippen molar-refractivity contribution in [3.8, 4) is 0 Å². The smallest absolute Gasteiger partial charge is 0.0767 e. The van der Waals surface area contributed by atoms with Crippen LogP contribution >= 0.6 is 0 Å². The molecule has 0 aliphatic carbocycles. The van der Waals surface area contributed by atoms with E-state index in [4.69, 9.17) is 10.5 Å². The molecule has 4 heteroatoms. The van der Waals surface area contributed by atoms with E-state index >= 15 is 0 Å². The lowest BCUT2D eigenvalue weighted by Gasteiger charge is -2.28. The third kappa shape index (κ3) is 5.80. The minimum atomic E-state index is -0.675. The molecule has 0 fully saturated rings. The highest BCUT2D eigenvalue weighted by Gasteiger charge is 2.22. The van der Waals surface area contributed by atoms with Crippen molar-refractivity contribution in [2.24, 2.45) is 5.73 Å². The molecule has 0 heterocycles. The fourth-order valence-corrected chi connectivity index (χ4v) is 1.67. The SMILES string of the molecule is CCC(O)(CN)CCCN(C)C(C)COC. The van der Waals surface area contributed by atoms with E-state index in [9.17, 15) is 5.11 Å². The summed E-state index contributed by atoms with van der Waals surface area (Å²) >= 11 is 0. The van der Waals surface area contributed by atoms with Gasteiger partial charge < -0.3 is 20.5 Å². The third-order valence-electron chi connectivity index (χ3n) is 3.35. The molecule has 16 heavy (non-hydrogen) atoms. The summed E-state index contributed by atoms with van der Waals surface area (Å²) < 4.78 is 5.10. The zero-order valence-electron chi connectivity index (χ0n) is 11.2. The summed E-state index contributed by atoms with van der Waals surface area (Å²) in [6.07, 6.45) is 2.46. The molecule has 98 valence electrons. The van der Waals surface area contributed by atoms with Gasteiger partial charge in [-0.3, -0.25) is 0 Å². The van der Waals surface area contributed by atoms with Crippen LogP contribution in [0.5, 0.6) is 0 Å². The predicted octanol–water partition coefficient (Wildman–Crippen LogP) is 0.833. The predicted molar refractivity (Wildman–Crippen MR) is 67.5 cm³/mol. The van der Waals surface area contributed by atoms with Crippen LogP contribution < -0.4 is 5.73 Å². The van der Waals surface area contributed by atoms with E-state index in [-0.39, 0.29) is 0 Å². The van der Waals surface area contributed by atoms with Gasteiger partial charge in [0.25, 0.3) is 0 Å². The highest BCUT2D eigenvalue weighted by Crippen LogP contribution is 2.16. The zero-order valence-corrected chi connectivity index (χ0v) is 11.2. The first-order chi connectivity index (χ1) is 7.49. The van der Waals surface area contributed by atoms with Crippen LogP contribution in [-0.4, -0.2) is 55.5 Å². The Bertz CT molecular complexity index is 172. The summed E-state index contributed by atoms with van der Waals surface area (Å²) in [5.74, 6) is 0. The highest BCUT2D eigenvalue weighted by molar-refractivity contribution is 4.78. The molecule has 0 aromatic rings. The van der Waals surface area contributed by atoms with Gasteiger partial charge in [0.15, 0.2) is 0 Å². The van der Waals surface area contributed by atoms with E-state index < -0.39 is 5.60 Å². The second kappa shape index (κ2) is 8.01. The van der Waals surface area contributed by atoms with Crippen molar-refractivity contribution in [3.05, 3.63) is 0 Å². The molecule has 0 aromatic carbocycles. The van der Waals surface area contributed by atoms with Crippen LogP contribution in [0, 0.1) is 0 Å². The average molecular weight is 232 g/mol. The molecule has 0 saturated heterocycles. The Hall–Kier alpha value is -0.160. The van der Waals surface area contributed by atoms with Crippen molar-refractivity contribution in [3.63, 3.8) is 0 Å². The zero-order chi connectivity index (χ0) is 12.6. The van der Waals surface area contributed by atoms with Gasteiger partial charge in [0.05, 0.1) is 12.2 Å². The number of hydrogen-bond donors (Lipinski definition) is 2. The monoisotopic (exact) mass is 232 g/mol. The maximum absolute atomic E-state index is 10.0. The Morgan fingerprint density at radius 1 is 1.50 bits per heavy atom. The van der Waals surface area contributed by atoms with Gasteiger partial charge in [-0.1, -0.05) is 6.92 Å². The van der Waals surface area contributed by atoms with Gasteiger partial charge in [0, 0.05) is 19.7 Å². The van der Waals surface area contributed by atoms with Crippen LogP contribution in [0.25, 0.3) is 0 Å². The van der Waals surface area contributed by atoms with Crippen molar-refractivity contribution in [2.75, 3.05) is 33.9 Å². The Morgan fingerprint density at radius 3 is 2.56 bits per heavy atom. The Balaban J connectivity index is 3.80. The number of nitrogens with zero attached hydrogens (tertiary/aromatic N) is 1. The summed E-state index contributed by atoms with van der Waals surface area (Å²) in [6, 6.07) is 0.414. The fraction of sp³-hybridized carbons (Fsp3) is 1.00.